The first-order chi connectivity index (χ1) is 7.61. The lowest BCUT2D eigenvalue weighted by Crippen LogP contribution is -2.23. The molecule has 0 spiro atoms. The summed E-state index contributed by atoms with van der Waals surface area (Å²) in [6, 6.07) is 0. The molecule has 3 N–H and O–H groups in total. The second-order valence-electron chi connectivity index (χ2n) is 4.04. The van der Waals surface area contributed by atoms with Crippen molar-refractivity contribution in [2.45, 2.75) is 33.2 Å². The maximum Gasteiger partial charge on any atom is 0.220 e. The molecule has 0 radical (unpaired) electrons. The number of aromatic nitrogens is 1. The molecular weight excluding hydrogens is 222 g/mol. The summed E-state index contributed by atoms with van der Waals surface area (Å²) in [5.74, 6) is 0.487. The summed E-state index contributed by atoms with van der Waals surface area (Å²) in [7, 11) is 0. The molecule has 90 valence electrons. The predicted octanol–water partition coefficient (Wildman–Crippen LogP) is 1.44. The van der Waals surface area contributed by atoms with Gasteiger partial charge in [-0.05, 0) is 25.8 Å². The molecule has 16 heavy (non-hydrogen) atoms. The Bertz CT molecular complexity index is 338. The Kier molecular flexibility index (Phi) is 5.42. The molecule has 1 rings (SSSR count). The van der Waals surface area contributed by atoms with E-state index < -0.39 is 0 Å². The predicted molar refractivity (Wildman–Crippen MR) is 66.2 cm³/mol. The van der Waals surface area contributed by atoms with Crippen LogP contribution < -0.4 is 11.1 Å². The number of carbonyl (C=O) groups excluding carboxylic acids is 1. The average Bonchev–Trinajstić information content (AvgIpc) is 2.69. The van der Waals surface area contributed by atoms with Crippen molar-refractivity contribution in [3.05, 3.63) is 16.1 Å². The fourth-order valence-electron chi connectivity index (χ4n) is 1.24. The minimum absolute atomic E-state index is 0.0770. The third-order valence-corrected chi connectivity index (χ3v) is 3.34. The number of aryl methyl sites for hydroxylation is 1. The Morgan fingerprint density at radius 1 is 1.69 bits per heavy atom. The van der Waals surface area contributed by atoms with Crippen molar-refractivity contribution < 1.29 is 4.79 Å². The molecule has 0 aliphatic carbocycles. The minimum atomic E-state index is 0.0770. The van der Waals surface area contributed by atoms with Crippen LogP contribution in [-0.4, -0.2) is 17.4 Å². The van der Waals surface area contributed by atoms with Crippen LogP contribution in [0.4, 0.5) is 0 Å². The molecule has 0 saturated heterocycles. The first kappa shape index (κ1) is 13.1. The third kappa shape index (κ3) is 4.72. The maximum atomic E-state index is 11.5. The van der Waals surface area contributed by atoms with E-state index in [0.29, 0.717) is 25.4 Å². The van der Waals surface area contributed by atoms with Crippen molar-refractivity contribution in [1.82, 2.24) is 10.3 Å². The van der Waals surface area contributed by atoms with Gasteiger partial charge in [-0.25, -0.2) is 4.98 Å². The van der Waals surface area contributed by atoms with Gasteiger partial charge >= 0.3 is 0 Å². The molecule has 5 heteroatoms. The topological polar surface area (TPSA) is 68.0 Å². The quantitative estimate of drug-likeness (QED) is 0.792. The summed E-state index contributed by atoms with van der Waals surface area (Å²) in [5, 5.41) is 5.80. The summed E-state index contributed by atoms with van der Waals surface area (Å²) in [4.78, 5) is 15.7. The van der Waals surface area contributed by atoms with Crippen LogP contribution in [0.5, 0.6) is 0 Å². The lowest BCUT2D eigenvalue weighted by molar-refractivity contribution is -0.121. The number of rotatable bonds is 6. The summed E-state index contributed by atoms with van der Waals surface area (Å²) in [6.45, 7) is 5.18. The summed E-state index contributed by atoms with van der Waals surface area (Å²) in [5.41, 5.74) is 6.49. The Morgan fingerprint density at radius 2 is 2.44 bits per heavy atom. The number of hydrogen-bond donors (Lipinski definition) is 2. The zero-order chi connectivity index (χ0) is 12.0. The van der Waals surface area contributed by atoms with Crippen molar-refractivity contribution in [3.8, 4) is 0 Å². The molecule has 1 aromatic heterocycles. The van der Waals surface area contributed by atoms with Crippen molar-refractivity contribution in [1.29, 1.82) is 0 Å². The van der Waals surface area contributed by atoms with Crippen LogP contribution in [0.15, 0.2) is 5.38 Å². The van der Waals surface area contributed by atoms with E-state index >= 15 is 0 Å². The van der Waals surface area contributed by atoms with Crippen LogP contribution in [0, 0.1) is 12.8 Å². The Balaban J connectivity index is 2.20. The highest BCUT2D eigenvalue weighted by atomic mass is 32.1. The molecule has 4 nitrogen and oxygen atoms in total. The van der Waals surface area contributed by atoms with Gasteiger partial charge in [0.05, 0.1) is 6.54 Å². The summed E-state index contributed by atoms with van der Waals surface area (Å²) in [6.07, 6.45) is 1.39. The molecule has 0 fully saturated rings. The molecule has 0 saturated carbocycles. The normalized spacial score (nSPS) is 12.4. The highest BCUT2D eigenvalue weighted by Gasteiger charge is 2.06. The first-order valence-electron chi connectivity index (χ1n) is 5.49. The van der Waals surface area contributed by atoms with Gasteiger partial charge in [0.25, 0.3) is 0 Å². The number of nitrogens with one attached hydrogen (secondary N) is 1. The van der Waals surface area contributed by atoms with Gasteiger partial charge in [0.1, 0.15) is 5.01 Å². The molecule has 0 aliphatic rings. The Labute approximate surface area is 100 Å². The van der Waals surface area contributed by atoms with Gasteiger partial charge in [-0.3, -0.25) is 4.79 Å². The van der Waals surface area contributed by atoms with E-state index in [9.17, 15) is 4.79 Å². The Morgan fingerprint density at radius 3 is 3.00 bits per heavy atom. The lowest BCUT2D eigenvalue weighted by atomic mass is 10.1. The van der Waals surface area contributed by atoms with Gasteiger partial charge in [-0.15, -0.1) is 11.3 Å². The van der Waals surface area contributed by atoms with Crippen molar-refractivity contribution in [3.63, 3.8) is 0 Å². The van der Waals surface area contributed by atoms with Gasteiger partial charge < -0.3 is 11.1 Å². The van der Waals surface area contributed by atoms with E-state index in [4.69, 9.17) is 5.73 Å². The fraction of sp³-hybridized carbons (Fsp3) is 0.636. The first-order valence-corrected chi connectivity index (χ1v) is 6.37. The average molecular weight is 241 g/mol. The number of carbonyl (C=O) groups is 1. The number of nitrogens with two attached hydrogens (primary N) is 1. The summed E-state index contributed by atoms with van der Waals surface area (Å²) >= 11 is 1.57. The summed E-state index contributed by atoms with van der Waals surface area (Å²) < 4.78 is 0. The highest BCUT2D eigenvalue weighted by Crippen LogP contribution is 2.08. The zero-order valence-electron chi connectivity index (χ0n) is 9.82. The van der Waals surface area contributed by atoms with E-state index in [-0.39, 0.29) is 5.91 Å². The van der Waals surface area contributed by atoms with Crippen LogP contribution >= 0.6 is 11.3 Å². The zero-order valence-corrected chi connectivity index (χ0v) is 10.6. The lowest BCUT2D eigenvalue weighted by Gasteiger charge is -2.07. The second-order valence-corrected chi connectivity index (χ2v) is 4.98. The van der Waals surface area contributed by atoms with Crippen LogP contribution in [-0.2, 0) is 11.3 Å². The van der Waals surface area contributed by atoms with E-state index in [1.807, 2.05) is 12.3 Å². The Hall–Kier alpha value is -0.940. The largest absolute Gasteiger partial charge is 0.350 e. The molecular formula is C11H19N3OS. The smallest absolute Gasteiger partial charge is 0.220 e. The highest BCUT2D eigenvalue weighted by molar-refractivity contribution is 7.09. The molecule has 0 aliphatic heterocycles. The minimum Gasteiger partial charge on any atom is -0.350 e. The molecule has 1 atom stereocenters. The number of thiazole rings is 1. The van der Waals surface area contributed by atoms with Crippen LogP contribution in [0.25, 0.3) is 0 Å². The molecule has 1 amide bonds. The molecule has 1 unspecified atom stereocenters. The second kappa shape index (κ2) is 6.60. The van der Waals surface area contributed by atoms with Gasteiger partial charge in [0, 0.05) is 17.5 Å². The van der Waals surface area contributed by atoms with E-state index in [0.717, 1.165) is 17.1 Å². The van der Waals surface area contributed by atoms with Gasteiger partial charge in [-0.2, -0.15) is 0 Å². The van der Waals surface area contributed by atoms with Gasteiger partial charge in [-0.1, -0.05) is 6.92 Å². The SMILES string of the molecule is Cc1csc(CNC(=O)CCC(C)CN)n1. The van der Waals surface area contributed by atoms with E-state index in [1.54, 1.807) is 11.3 Å². The monoisotopic (exact) mass is 241 g/mol. The van der Waals surface area contributed by atoms with Gasteiger partial charge in [0.15, 0.2) is 0 Å². The standard InChI is InChI=1S/C11H19N3OS/c1-8(5-12)3-4-10(15)13-6-11-14-9(2)7-16-11/h7-8H,3-6,12H2,1-2H3,(H,13,15). The number of amides is 1. The van der Waals surface area contributed by atoms with Crippen molar-refractivity contribution in [2.75, 3.05) is 6.54 Å². The van der Waals surface area contributed by atoms with Crippen molar-refractivity contribution in [2.24, 2.45) is 11.7 Å². The fourth-order valence-corrected chi connectivity index (χ4v) is 1.95. The van der Waals surface area contributed by atoms with Crippen molar-refractivity contribution >= 4 is 17.2 Å². The van der Waals surface area contributed by atoms with Crippen LogP contribution in [0.2, 0.25) is 0 Å². The number of hydrogen-bond acceptors (Lipinski definition) is 4. The molecule has 1 aromatic rings. The van der Waals surface area contributed by atoms with Gasteiger partial charge in [0.2, 0.25) is 5.91 Å². The van der Waals surface area contributed by atoms with Crippen LogP contribution in [0.1, 0.15) is 30.5 Å². The number of nitrogens with zero attached hydrogens (tertiary/aromatic N) is 1. The molecule has 0 bridgehead atoms. The maximum absolute atomic E-state index is 11.5. The van der Waals surface area contributed by atoms with E-state index in [2.05, 4.69) is 17.2 Å². The third-order valence-electron chi connectivity index (χ3n) is 2.37. The molecule has 1 heterocycles. The van der Waals surface area contributed by atoms with E-state index in [1.165, 1.54) is 0 Å². The molecule has 0 aromatic carbocycles. The van der Waals surface area contributed by atoms with Crippen LogP contribution in [0.3, 0.4) is 0 Å².